The van der Waals surface area contributed by atoms with Crippen molar-refractivity contribution in [3.8, 4) is 0 Å². The molecule has 1 aromatic heterocycles. The fraction of sp³-hybridized carbons (Fsp3) is 0.545. The van der Waals surface area contributed by atoms with Crippen LogP contribution in [0.4, 0.5) is 0 Å². The molecular formula is C11H17BrN2O2S. The number of hydrogen-bond acceptors (Lipinski definition) is 3. The minimum absolute atomic E-state index is 0.0388. The predicted molar refractivity (Wildman–Crippen MR) is 72.7 cm³/mol. The van der Waals surface area contributed by atoms with E-state index in [0.717, 1.165) is 17.4 Å². The summed E-state index contributed by atoms with van der Waals surface area (Å²) < 4.78 is 26.1. The molecule has 0 saturated carbocycles. The zero-order chi connectivity index (χ0) is 12.7. The van der Waals surface area contributed by atoms with Crippen molar-refractivity contribution in [2.75, 3.05) is 11.1 Å². The number of aryl methyl sites for hydroxylation is 1. The first-order valence-corrected chi connectivity index (χ1v) is 8.27. The SMILES string of the molecule is CC(CCBr)NS(=O)(=O)CCc1ccccn1. The summed E-state index contributed by atoms with van der Waals surface area (Å²) in [6, 6.07) is 5.46. The van der Waals surface area contributed by atoms with E-state index in [4.69, 9.17) is 0 Å². The first-order chi connectivity index (χ1) is 8.03. The molecule has 0 aromatic carbocycles. The molecule has 0 spiro atoms. The highest BCUT2D eigenvalue weighted by Crippen LogP contribution is 2.01. The van der Waals surface area contributed by atoms with Crippen molar-refractivity contribution in [1.82, 2.24) is 9.71 Å². The van der Waals surface area contributed by atoms with Crippen LogP contribution < -0.4 is 4.72 Å². The predicted octanol–water partition coefficient (Wildman–Crippen LogP) is 1.72. The molecule has 0 radical (unpaired) electrons. The average molecular weight is 321 g/mol. The van der Waals surface area contributed by atoms with Crippen molar-refractivity contribution >= 4 is 26.0 Å². The largest absolute Gasteiger partial charge is 0.261 e. The summed E-state index contributed by atoms with van der Waals surface area (Å²) in [5.74, 6) is 0.0800. The zero-order valence-corrected chi connectivity index (χ0v) is 12.2. The lowest BCUT2D eigenvalue weighted by Crippen LogP contribution is -2.35. The maximum atomic E-state index is 11.7. The normalized spacial score (nSPS) is 13.5. The van der Waals surface area contributed by atoms with Gasteiger partial charge in [0.25, 0.3) is 0 Å². The molecule has 96 valence electrons. The van der Waals surface area contributed by atoms with E-state index in [2.05, 4.69) is 25.6 Å². The van der Waals surface area contributed by atoms with Gasteiger partial charge in [-0.1, -0.05) is 22.0 Å². The topological polar surface area (TPSA) is 59.1 Å². The van der Waals surface area contributed by atoms with Gasteiger partial charge in [-0.3, -0.25) is 4.98 Å². The number of nitrogens with one attached hydrogen (secondary N) is 1. The number of rotatable bonds is 7. The third kappa shape index (κ3) is 6.14. The summed E-state index contributed by atoms with van der Waals surface area (Å²) in [6.45, 7) is 1.86. The van der Waals surface area contributed by atoms with Gasteiger partial charge >= 0.3 is 0 Å². The van der Waals surface area contributed by atoms with Crippen LogP contribution in [0, 0.1) is 0 Å². The fourth-order valence-corrected chi connectivity index (χ4v) is 3.39. The summed E-state index contributed by atoms with van der Waals surface area (Å²) in [5.41, 5.74) is 0.797. The Morgan fingerprint density at radius 1 is 1.47 bits per heavy atom. The van der Waals surface area contributed by atoms with Crippen molar-refractivity contribution in [3.63, 3.8) is 0 Å². The molecule has 1 N–H and O–H groups in total. The van der Waals surface area contributed by atoms with Gasteiger partial charge in [0.1, 0.15) is 0 Å². The minimum Gasteiger partial charge on any atom is -0.261 e. The van der Waals surface area contributed by atoms with Gasteiger partial charge in [0.05, 0.1) is 5.75 Å². The van der Waals surface area contributed by atoms with E-state index < -0.39 is 10.0 Å². The number of sulfonamides is 1. The molecule has 0 saturated heterocycles. The van der Waals surface area contributed by atoms with Crippen molar-refractivity contribution in [3.05, 3.63) is 30.1 Å². The summed E-state index contributed by atoms with van der Waals surface area (Å²) >= 11 is 3.29. The third-order valence-electron chi connectivity index (χ3n) is 2.28. The Morgan fingerprint density at radius 2 is 2.24 bits per heavy atom. The number of halogens is 1. The number of alkyl halides is 1. The van der Waals surface area contributed by atoms with Gasteiger partial charge in [-0.15, -0.1) is 0 Å². The Kier molecular flexibility index (Phi) is 6.08. The second-order valence-electron chi connectivity index (χ2n) is 3.89. The van der Waals surface area contributed by atoms with Crippen LogP contribution in [-0.2, 0) is 16.4 Å². The number of hydrogen-bond donors (Lipinski definition) is 1. The Bertz CT molecular complexity index is 422. The average Bonchev–Trinajstić information content (AvgIpc) is 2.27. The Morgan fingerprint density at radius 3 is 2.82 bits per heavy atom. The molecule has 17 heavy (non-hydrogen) atoms. The molecular weight excluding hydrogens is 304 g/mol. The lowest BCUT2D eigenvalue weighted by molar-refractivity contribution is 0.556. The molecule has 1 atom stereocenters. The number of pyridine rings is 1. The highest BCUT2D eigenvalue weighted by Gasteiger charge is 2.14. The van der Waals surface area contributed by atoms with Crippen molar-refractivity contribution < 1.29 is 8.42 Å². The maximum absolute atomic E-state index is 11.7. The molecule has 0 aliphatic heterocycles. The zero-order valence-electron chi connectivity index (χ0n) is 9.77. The number of aromatic nitrogens is 1. The van der Waals surface area contributed by atoms with Crippen LogP contribution in [0.15, 0.2) is 24.4 Å². The van der Waals surface area contributed by atoms with E-state index in [0.29, 0.717) is 6.42 Å². The molecule has 1 unspecified atom stereocenters. The molecule has 0 fully saturated rings. The molecule has 0 aliphatic carbocycles. The second-order valence-corrected chi connectivity index (χ2v) is 6.55. The van der Waals surface area contributed by atoms with Crippen LogP contribution in [0.2, 0.25) is 0 Å². The first-order valence-electron chi connectivity index (χ1n) is 5.49. The highest BCUT2D eigenvalue weighted by molar-refractivity contribution is 9.09. The third-order valence-corrected chi connectivity index (χ3v) is 4.24. The van der Waals surface area contributed by atoms with Crippen LogP contribution in [-0.4, -0.2) is 30.5 Å². The summed E-state index contributed by atoms with van der Waals surface area (Å²) in [6.07, 6.45) is 2.89. The summed E-state index contributed by atoms with van der Waals surface area (Å²) in [4.78, 5) is 4.10. The van der Waals surface area contributed by atoms with Crippen molar-refractivity contribution in [2.24, 2.45) is 0 Å². The Balaban J connectivity index is 2.45. The van der Waals surface area contributed by atoms with Gasteiger partial charge in [-0.25, -0.2) is 13.1 Å². The van der Waals surface area contributed by atoms with Crippen LogP contribution in [0.25, 0.3) is 0 Å². The van der Waals surface area contributed by atoms with Gasteiger partial charge in [-0.2, -0.15) is 0 Å². The van der Waals surface area contributed by atoms with E-state index >= 15 is 0 Å². The van der Waals surface area contributed by atoms with Gasteiger partial charge in [0.2, 0.25) is 10.0 Å². The van der Waals surface area contributed by atoms with Crippen LogP contribution >= 0.6 is 15.9 Å². The summed E-state index contributed by atoms with van der Waals surface area (Å²) in [5, 5.41) is 0.789. The molecule has 0 bridgehead atoms. The monoisotopic (exact) mass is 320 g/mol. The Hall–Kier alpha value is -0.460. The maximum Gasteiger partial charge on any atom is 0.212 e. The fourth-order valence-electron chi connectivity index (χ4n) is 1.37. The Labute approximate surface area is 111 Å². The molecule has 4 nitrogen and oxygen atoms in total. The quantitative estimate of drug-likeness (QED) is 0.778. The molecule has 1 heterocycles. The van der Waals surface area contributed by atoms with Crippen LogP contribution in [0.5, 0.6) is 0 Å². The molecule has 6 heteroatoms. The van der Waals surface area contributed by atoms with Gasteiger partial charge in [0, 0.05) is 29.7 Å². The smallest absolute Gasteiger partial charge is 0.212 e. The first kappa shape index (κ1) is 14.6. The lowest BCUT2D eigenvalue weighted by Gasteiger charge is -2.12. The number of nitrogens with zero attached hydrogens (tertiary/aromatic N) is 1. The summed E-state index contributed by atoms with van der Waals surface area (Å²) in [7, 11) is -3.21. The molecule has 0 amide bonds. The highest BCUT2D eigenvalue weighted by atomic mass is 79.9. The van der Waals surface area contributed by atoms with Gasteiger partial charge in [0.15, 0.2) is 0 Å². The lowest BCUT2D eigenvalue weighted by atomic mass is 10.3. The van der Waals surface area contributed by atoms with E-state index in [1.54, 1.807) is 6.20 Å². The second kappa shape index (κ2) is 7.08. The van der Waals surface area contributed by atoms with Crippen molar-refractivity contribution in [2.45, 2.75) is 25.8 Å². The minimum atomic E-state index is -3.21. The van der Waals surface area contributed by atoms with Crippen LogP contribution in [0.3, 0.4) is 0 Å². The van der Waals surface area contributed by atoms with E-state index in [1.165, 1.54) is 0 Å². The standard InChI is InChI=1S/C11H17BrN2O2S/c1-10(5-7-12)14-17(15,16)9-6-11-4-2-3-8-13-11/h2-4,8,10,14H,5-7,9H2,1H3. The van der Waals surface area contributed by atoms with Crippen molar-refractivity contribution in [1.29, 1.82) is 0 Å². The van der Waals surface area contributed by atoms with E-state index in [1.807, 2.05) is 25.1 Å². The van der Waals surface area contributed by atoms with Gasteiger partial charge < -0.3 is 0 Å². The van der Waals surface area contributed by atoms with E-state index in [9.17, 15) is 8.42 Å². The van der Waals surface area contributed by atoms with Gasteiger partial charge in [-0.05, 0) is 25.5 Å². The van der Waals surface area contributed by atoms with Crippen LogP contribution in [0.1, 0.15) is 19.0 Å². The molecule has 0 aliphatic rings. The molecule has 1 rings (SSSR count). The molecule has 1 aromatic rings. The van der Waals surface area contributed by atoms with E-state index in [-0.39, 0.29) is 11.8 Å².